The van der Waals surface area contributed by atoms with Gasteiger partial charge in [0.25, 0.3) is 0 Å². The lowest BCUT2D eigenvalue weighted by Crippen LogP contribution is -2.32. The van der Waals surface area contributed by atoms with Crippen molar-refractivity contribution in [2.24, 2.45) is 0 Å². The summed E-state index contributed by atoms with van der Waals surface area (Å²) >= 11 is 0. The standard InChI is InChI=1S/C22H22N2O5/c1-2-29-22(28)17-14-16(15-6-4-3-5-7-15)8-9-18(17)23-19(25)12-13-24-20(26)10-11-21(24)27/h3-9,14H,2,10-13H2,1H3,(H,23,25). The number of likely N-dealkylation sites (tertiary alicyclic amines) is 1. The van der Waals surface area contributed by atoms with Crippen LogP contribution in [0.3, 0.4) is 0 Å². The van der Waals surface area contributed by atoms with E-state index in [1.54, 1.807) is 25.1 Å². The fourth-order valence-electron chi connectivity index (χ4n) is 3.14. The van der Waals surface area contributed by atoms with Gasteiger partial charge in [-0.1, -0.05) is 36.4 Å². The zero-order valence-corrected chi connectivity index (χ0v) is 16.1. The van der Waals surface area contributed by atoms with Crippen molar-refractivity contribution in [2.75, 3.05) is 18.5 Å². The lowest BCUT2D eigenvalue weighted by atomic mass is 10.0. The molecule has 1 aliphatic heterocycles. The Morgan fingerprint density at radius 3 is 2.34 bits per heavy atom. The Hall–Kier alpha value is -3.48. The van der Waals surface area contributed by atoms with E-state index in [0.717, 1.165) is 16.0 Å². The summed E-state index contributed by atoms with van der Waals surface area (Å²) in [6.07, 6.45) is 0.336. The summed E-state index contributed by atoms with van der Waals surface area (Å²) in [5, 5.41) is 2.69. The van der Waals surface area contributed by atoms with E-state index in [1.807, 2.05) is 30.3 Å². The highest BCUT2D eigenvalue weighted by atomic mass is 16.5. The molecule has 2 aromatic carbocycles. The molecule has 0 aliphatic carbocycles. The van der Waals surface area contributed by atoms with Crippen LogP contribution in [0.5, 0.6) is 0 Å². The van der Waals surface area contributed by atoms with Crippen LogP contribution in [0.1, 0.15) is 36.5 Å². The highest BCUT2D eigenvalue weighted by Crippen LogP contribution is 2.26. The van der Waals surface area contributed by atoms with E-state index in [1.165, 1.54) is 0 Å². The number of ether oxygens (including phenoxy) is 1. The Morgan fingerprint density at radius 1 is 1.00 bits per heavy atom. The number of rotatable bonds is 7. The number of nitrogens with zero attached hydrogens (tertiary/aromatic N) is 1. The molecular weight excluding hydrogens is 372 g/mol. The van der Waals surface area contributed by atoms with Gasteiger partial charge < -0.3 is 10.1 Å². The topological polar surface area (TPSA) is 92.8 Å². The molecule has 3 rings (SSSR count). The third-order valence-electron chi connectivity index (χ3n) is 4.61. The van der Waals surface area contributed by atoms with Crippen LogP contribution in [0.25, 0.3) is 11.1 Å². The highest BCUT2D eigenvalue weighted by molar-refractivity contribution is 6.04. The van der Waals surface area contributed by atoms with Gasteiger partial charge in [-0.3, -0.25) is 19.3 Å². The Balaban J connectivity index is 1.76. The SMILES string of the molecule is CCOC(=O)c1cc(-c2ccccc2)ccc1NC(=O)CCN1C(=O)CCC1=O. The van der Waals surface area contributed by atoms with Crippen molar-refractivity contribution in [3.63, 3.8) is 0 Å². The van der Waals surface area contributed by atoms with E-state index >= 15 is 0 Å². The molecule has 1 saturated heterocycles. The van der Waals surface area contributed by atoms with E-state index in [-0.39, 0.29) is 49.8 Å². The van der Waals surface area contributed by atoms with Crippen molar-refractivity contribution in [1.29, 1.82) is 0 Å². The lowest BCUT2D eigenvalue weighted by Gasteiger charge is -2.15. The van der Waals surface area contributed by atoms with Crippen molar-refractivity contribution < 1.29 is 23.9 Å². The molecule has 1 fully saturated rings. The predicted molar refractivity (Wildman–Crippen MR) is 107 cm³/mol. The van der Waals surface area contributed by atoms with E-state index in [9.17, 15) is 19.2 Å². The van der Waals surface area contributed by atoms with Crippen molar-refractivity contribution in [1.82, 2.24) is 4.90 Å². The summed E-state index contributed by atoms with van der Waals surface area (Å²) in [5.74, 6) is -1.45. The van der Waals surface area contributed by atoms with Crippen LogP contribution in [0.2, 0.25) is 0 Å². The predicted octanol–water partition coefficient (Wildman–Crippen LogP) is 3.01. The number of hydrogen-bond donors (Lipinski definition) is 1. The number of imide groups is 1. The second-order valence-electron chi connectivity index (χ2n) is 6.58. The average molecular weight is 394 g/mol. The van der Waals surface area contributed by atoms with Gasteiger partial charge in [-0.15, -0.1) is 0 Å². The number of hydrogen-bond acceptors (Lipinski definition) is 5. The minimum Gasteiger partial charge on any atom is -0.462 e. The molecular formula is C22H22N2O5. The van der Waals surface area contributed by atoms with Crippen molar-refractivity contribution in [3.05, 3.63) is 54.1 Å². The molecule has 29 heavy (non-hydrogen) atoms. The second kappa shape index (κ2) is 9.14. The second-order valence-corrected chi connectivity index (χ2v) is 6.58. The molecule has 1 N–H and O–H groups in total. The van der Waals surface area contributed by atoms with E-state index in [2.05, 4.69) is 5.32 Å². The number of carbonyl (C=O) groups excluding carboxylic acids is 4. The summed E-state index contributed by atoms with van der Waals surface area (Å²) in [6, 6.07) is 14.7. The lowest BCUT2D eigenvalue weighted by molar-refractivity contribution is -0.138. The molecule has 0 radical (unpaired) electrons. The number of anilines is 1. The Kier molecular flexibility index (Phi) is 6.39. The first-order valence-corrected chi connectivity index (χ1v) is 9.49. The smallest absolute Gasteiger partial charge is 0.340 e. The minimum atomic E-state index is -0.537. The first-order valence-electron chi connectivity index (χ1n) is 9.49. The van der Waals surface area contributed by atoms with Crippen LogP contribution in [-0.2, 0) is 19.1 Å². The molecule has 3 amide bonds. The van der Waals surface area contributed by atoms with Crippen LogP contribution < -0.4 is 5.32 Å². The zero-order chi connectivity index (χ0) is 20.8. The Morgan fingerprint density at radius 2 is 1.69 bits per heavy atom. The molecule has 0 spiro atoms. The average Bonchev–Trinajstić information content (AvgIpc) is 3.05. The minimum absolute atomic E-state index is 0.0281. The van der Waals surface area contributed by atoms with Gasteiger partial charge in [-0.2, -0.15) is 0 Å². The maximum absolute atomic E-state index is 12.4. The number of esters is 1. The molecule has 0 atom stereocenters. The number of benzene rings is 2. The summed E-state index contributed by atoms with van der Waals surface area (Å²) in [4.78, 5) is 49.2. The third-order valence-corrected chi connectivity index (χ3v) is 4.61. The van der Waals surface area contributed by atoms with Gasteiger partial charge in [-0.05, 0) is 30.2 Å². The van der Waals surface area contributed by atoms with Crippen LogP contribution in [0, 0.1) is 0 Å². The largest absolute Gasteiger partial charge is 0.462 e. The van der Waals surface area contributed by atoms with E-state index < -0.39 is 11.9 Å². The quantitative estimate of drug-likeness (QED) is 0.576. The first-order chi connectivity index (χ1) is 14.0. The number of amides is 3. The van der Waals surface area contributed by atoms with E-state index in [0.29, 0.717) is 5.69 Å². The Bertz CT molecular complexity index is 923. The summed E-state index contributed by atoms with van der Waals surface area (Å²) in [5.41, 5.74) is 2.32. The van der Waals surface area contributed by atoms with Gasteiger partial charge in [0.2, 0.25) is 17.7 Å². The molecule has 0 saturated carbocycles. The number of carbonyl (C=O) groups is 4. The maximum atomic E-state index is 12.4. The highest BCUT2D eigenvalue weighted by Gasteiger charge is 2.29. The monoisotopic (exact) mass is 394 g/mol. The molecule has 0 bridgehead atoms. The summed E-state index contributed by atoms with van der Waals surface area (Å²) in [7, 11) is 0. The van der Waals surface area contributed by atoms with Crippen LogP contribution >= 0.6 is 0 Å². The fraction of sp³-hybridized carbons (Fsp3) is 0.273. The molecule has 7 nitrogen and oxygen atoms in total. The molecule has 2 aromatic rings. The molecule has 150 valence electrons. The summed E-state index contributed by atoms with van der Waals surface area (Å²) in [6.45, 7) is 1.95. The van der Waals surface area contributed by atoms with Crippen LogP contribution in [0.15, 0.2) is 48.5 Å². The van der Waals surface area contributed by atoms with Crippen molar-refractivity contribution in [2.45, 2.75) is 26.2 Å². The summed E-state index contributed by atoms with van der Waals surface area (Å²) < 4.78 is 5.12. The van der Waals surface area contributed by atoms with Crippen LogP contribution in [0.4, 0.5) is 5.69 Å². The van der Waals surface area contributed by atoms with Gasteiger partial charge in [0.05, 0.1) is 17.9 Å². The first kappa shape index (κ1) is 20.3. The van der Waals surface area contributed by atoms with E-state index in [4.69, 9.17) is 4.74 Å². The van der Waals surface area contributed by atoms with Crippen LogP contribution in [-0.4, -0.2) is 41.7 Å². The van der Waals surface area contributed by atoms with Gasteiger partial charge in [-0.25, -0.2) is 4.79 Å². The molecule has 0 unspecified atom stereocenters. The van der Waals surface area contributed by atoms with Gasteiger partial charge in [0.1, 0.15) is 0 Å². The Labute approximate surface area is 168 Å². The molecule has 1 aliphatic rings. The molecule has 0 aromatic heterocycles. The maximum Gasteiger partial charge on any atom is 0.340 e. The molecule has 1 heterocycles. The van der Waals surface area contributed by atoms with Crippen molar-refractivity contribution >= 4 is 29.4 Å². The van der Waals surface area contributed by atoms with Gasteiger partial charge >= 0.3 is 5.97 Å². The normalized spacial score (nSPS) is 13.5. The molecule has 7 heteroatoms. The van der Waals surface area contributed by atoms with Crippen molar-refractivity contribution in [3.8, 4) is 11.1 Å². The zero-order valence-electron chi connectivity index (χ0n) is 16.1. The third kappa shape index (κ3) is 4.87. The fourth-order valence-corrected chi connectivity index (χ4v) is 3.14. The number of nitrogens with one attached hydrogen (secondary N) is 1. The van der Waals surface area contributed by atoms with Gasteiger partial charge in [0.15, 0.2) is 0 Å². The van der Waals surface area contributed by atoms with Gasteiger partial charge in [0, 0.05) is 25.8 Å².